The number of nitrogens with zero attached hydrogens (tertiary/aromatic N) is 4. The Kier molecular flexibility index (Phi) is 5.77. The first kappa shape index (κ1) is 22.1. The summed E-state index contributed by atoms with van der Waals surface area (Å²) in [7, 11) is 1.87. The van der Waals surface area contributed by atoms with E-state index in [1.165, 1.54) is 0 Å². The third kappa shape index (κ3) is 3.81. The van der Waals surface area contributed by atoms with Gasteiger partial charge in [0.2, 0.25) is 11.9 Å². The van der Waals surface area contributed by atoms with Crippen LogP contribution in [0.5, 0.6) is 0 Å². The van der Waals surface area contributed by atoms with Gasteiger partial charge in [0, 0.05) is 24.2 Å². The highest BCUT2D eigenvalue weighted by Gasteiger charge is 2.55. The zero-order valence-electron chi connectivity index (χ0n) is 18.9. The van der Waals surface area contributed by atoms with E-state index in [9.17, 15) is 9.59 Å². The Labute approximate surface area is 203 Å². The van der Waals surface area contributed by atoms with Crippen LogP contribution in [0.4, 0.5) is 11.4 Å². The van der Waals surface area contributed by atoms with E-state index < -0.39 is 6.04 Å². The van der Waals surface area contributed by atoms with Crippen molar-refractivity contribution in [2.24, 2.45) is 0 Å². The molecule has 0 aliphatic carbocycles. The molecule has 1 saturated heterocycles. The summed E-state index contributed by atoms with van der Waals surface area (Å²) in [6, 6.07) is 25.4. The minimum atomic E-state index is -0.703. The lowest BCUT2D eigenvalue weighted by Gasteiger charge is -2.26. The van der Waals surface area contributed by atoms with Crippen molar-refractivity contribution in [3.05, 3.63) is 101 Å². The first-order valence-corrected chi connectivity index (χ1v) is 11.4. The predicted octanol–water partition coefficient (Wildman–Crippen LogP) is 4.55. The Bertz CT molecular complexity index is 1290. The van der Waals surface area contributed by atoms with Crippen LogP contribution >= 0.6 is 11.6 Å². The van der Waals surface area contributed by atoms with E-state index in [0.717, 1.165) is 16.9 Å². The molecule has 1 fully saturated rings. The Hall–Kier alpha value is -3.74. The van der Waals surface area contributed by atoms with E-state index in [2.05, 4.69) is 0 Å². The van der Waals surface area contributed by atoms with Crippen LogP contribution in [-0.4, -0.2) is 51.9 Å². The molecule has 0 aromatic heterocycles. The van der Waals surface area contributed by atoms with E-state index in [1.807, 2.05) is 97.9 Å². The monoisotopic (exact) mass is 471 g/mol. The highest BCUT2D eigenvalue weighted by atomic mass is 35.5. The van der Waals surface area contributed by atoms with Crippen LogP contribution in [0.3, 0.4) is 0 Å². The summed E-state index contributed by atoms with van der Waals surface area (Å²) < 4.78 is 1.78. The van der Waals surface area contributed by atoms with Crippen molar-refractivity contribution >= 4 is 47.1 Å². The number of para-hydroxylation sites is 2. The van der Waals surface area contributed by atoms with Gasteiger partial charge in [-0.05, 0) is 42.8 Å². The van der Waals surface area contributed by atoms with Gasteiger partial charge >= 0.3 is 5.91 Å². The molecule has 170 valence electrons. The number of carbonyl (C=O) groups is 2. The first-order valence-electron chi connectivity index (χ1n) is 11.1. The van der Waals surface area contributed by atoms with Gasteiger partial charge in [0.05, 0.1) is 11.7 Å². The van der Waals surface area contributed by atoms with Gasteiger partial charge in [-0.15, -0.1) is 0 Å². The lowest BCUT2D eigenvalue weighted by atomic mass is 10.1. The van der Waals surface area contributed by atoms with Crippen molar-refractivity contribution in [1.82, 2.24) is 10.0 Å². The zero-order chi connectivity index (χ0) is 23.8. The summed E-state index contributed by atoms with van der Waals surface area (Å²) in [4.78, 5) is 27.5. The second-order valence-corrected chi connectivity index (χ2v) is 8.79. The molecule has 7 heteroatoms. The number of anilines is 1. The normalized spacial score (nSPS) is 22.1. The van der Waals surface area contributed by atoms with E-state index in [-0.39, 0.29) is 17.9 Å². The number of amides is 2. The number of likely N-dealkylation sites (N-methyl/N-ethyl adjacent to an activating group) is 1. The second-order valence-electron chi connectivity index (χ2n) is 8.35. The predicted molar refractivity (Wildman–Crippen MR) is 134 cm³/mol. The quantitative estimate of drug-likeness (QED) is 0.414. The van der Waals surface area contributed by atoms with E-state index in [1.54, 1.807) is 33.0 Å². The molecule has 0 spiro atoms. The van der Waals surface area contributed by atoms with Crippen molar-refractivity contribution in [2.75, 3.05) is 12.1 Å². The van der Waals surface area contributed by atoms with Gasteiger partial charge in [-0.1, -0.05) is 69.8 Å². The van der Waals surface area contributed by atoms with Crippen molar-refractivity contribution in [3.63, 3.8) is 0 Å². The summed E-state index contributed by atoms with van der Waals surface area (Å²) in [5.74, 6) is -0.385. The zero-order valence-corrected chi connectivity index (χ0v) is 19.6. The molecule has 2 aliphatic heterocycles. The lowest BCUT2D eigenvalue weighted by Crippen LogP contribution is -2.50. The fourth-order valence-corrected chi connectivity index (χ4v) is 4.54. The van der Waals surface area contributed by atoms with Gasteiger partial charge < -0.3 is 0 Å². The Morgan fingerprint density at radius 1 is 0.882 bits per heavy atom. The van der Waals surface area contributed by atoms with E-state index in [0.29, 0.717) is 10.6 Å². The molecule has 2 aliphatic rings. The molecule has 2 heterocycles. The van der Waals surface area contributed by atoms with Gasteiger partial charge in [0.1, 0.15) is 5.57 Å². The molecule has 2 atom stereocenters. The molecule has 2 unspecified atom stereocenters. The van der Waals surface area contributed by atoms with E-state index in [4.69, 9.17) is 11.6 Å². The minimum absolute atomic E-state index is 0.156. The maximum atomic E-state index is 13.8. The standard InChI is InChI=1S/C27H24ClN4O2/c1-19-25(27(34)31(29(19)2)24-11-7-4-8-12-24)32-26(33)21(17-20-13-15-22(28)16-14-20)18-30(32)23-9-5-3-6-10-23/h3-19,25H,1-2H3/q+1/b21-17+. The van der Waals surface area contributed by atoms with Crippen LogP contribution in [0.25, 0.3) is 6.08 Å². The average Bonchev–Trinajstić information content (AvgIpc) is 3.28. The van der Waals surface area contributed by atoms with Crippen LogP contribution in [0, 0.1) is 0 Å². The number of hydrogen-bond donors (Lipinski definition) is 0. The third-order valence-corrected chi connectivity index (χ3v) is 6.50. The lowest BCUT2D eigenvalue weighted by molar-refractivity contribution is -0.598. The van der Waals surface area contributed by atoms with Crippen LogP contribution in [0.1, 0.15) is 12.5 Å². The largest absolute Gasteiger partial charge is 0.315 e. The van der Waals surface area contributed by atoms with Crippen molar-refractivity contribution in [2.45, 2.75) is 19.0 Å². The summed E-state index contributed by atoms with van der Waals surface area (Å²) in [6.07, 6.45) is 3.61. The fourth-order valence-electron chi connectivity index (χ4n) is 4.42. The minimum Gasteiger partial charge on any atom is -0.270 e. The molecule has 6 nitrogen and oxygen atoms in total. The molecule has 2 amide bonds. The number of carbonyl (C=O) groups excluding carboxylic acids is 2. The molecule has 0 N–H and O–H groups in total. The number of rotatable bonds is 4. The van der Waals surface area contributed by atoms with Gasteiger partial charge in [-0.2, -0.15) is 0 Å². The highest BCUT2D eigenvalue weighted by Crippen LogP contribution is 2.33. The number of hydrazine groups is 2. The average molecular weight is 472 g/mol. The van der Waals surface area contributed by atoms with E-state index >= 15 is 0 Å². The summed E-state index contributed by atoms with van der Waals surface area (Å²) in [6.45, 7) is 1.96. The molecule has 3 aromatic carbocycles. The number of benzene rings is 3. The molecule has 34 heavy (non-hydrogen) atoms. The van der Waals surface area contributed by atoms with Gasteiger partial charge in [0.15, 0.2) is 6.04 Å². The topological polar surface area (TPSA) is 46.9 Å². The Morgan fingerprint density at radius 2 is 1.50 bits per heavy atom. The summed E-state index contributed by atoms with van der Waals surface area (Å²) in [5, 5.41) is 5.74. The number of hydrogen-bond acceptors (Lipinski definition) is 3. The summed E-state index contributed by atoms with van der Waals surface area (Å²) >= 11 is 6.02. The van der Waals surface area contributed by atoms with Crippen LogP contribution in [0.2, 0.25) is 5.02 Å². The molecule has 5 rings (SSSR count). The first-order chi connectivity index (χ1) is 16.5. The maximum absolute atomic E-state index is 13.8. The van der Waals surface area contributed by atoms with Crippen molar-refractivity contribution < 1.29 is 14.3 Å². The molecule has 3 aromatic rings. The molecule has 0 radical (unpaired) electrons. The van der Waals surface area contributed by atoms with Gasteiger partial charge in [0.25, 0.3) is 5.91 Å². The SMILES string of the molecule is CC1C(N2C(=O)/C(=C/c3ccc(Cl)cc3)C=[N+]2c2ccccc2)C(=O)N(c2ccccc2)N1C. The maximum Gasteiger partial charge on any atom is 0.315 e. The summed E-state index contributed by atoms with van der Waals surface area (Å²) in [5.41, 5.74) is 2.92. The Balaban J connectivity index is 1.58. The number of hydrazone groups is 1. The van der Waals surface area contributed by atoms with Crippen LogP contribution in [-0.2, 0) is 9.59 Å². The fraction of sp³-hybridized carbons (Fsp3) is 0.148. The van der Waals surface area contributed by atoms with Crippen molar-refractivity contribution in [1.29, 1.82) is 0 Å². The number of halogens is 1. The molecular weight excluding hydrogens is 448 g/mol. The van der Waals surface area contributed by atoms with Gasteiger partial charge in [-0.25, -0.2) is 10.0 Å². The van der Waals surface area contributed by atoms with Crippen LogP contribution in [0.15, 0.2) is 90.5 Å². The molecule has 0 bridgehead atoms. The smallest absolute Gasteiger partial charge is 0.270 e. The Morgan fingerprint density at radius 3 is 2.15 bits per heavy atom. The van der Waals surface area contributed by atoms with Crippen LogP contribution < -0.4 is 5.01 Å². The third-order valence-electron chi connectivity index (χ3n) is 6.25. The van der Waals surface area contributed by atoms with Gasteiger partial charge in [-0.3, -0.25) is 9.59 Å². The molecular formula is C27H24ClN4O2+. The van der Waals surface area contributed by atoms with Crippen molar-refractivity contribution in [3.8, 4) is 0 Å². The highest BCUT2D eigenvalue weighted by molar-refractivity contribution is 6.30. The second kappa shape index (κ2) is 8.89. The molecule has 0 saturated carbocycles.